The van der Waals surface area contributed by atoms with Crippen molar-refractivity contribution in [3.63, 3.8) is 0 Å². The van der Waals surface area contributed by atoms with E-state index in [1.807, 2.05) is 0 Å². The molecule has 0 saturated carbocycles. The quantitative estimate of drug-likeness (QED) is 0.518. The summed E-state index contributed by atoms with van der Waals surface area (Å²) in [5.74, 6) is 1.94. The molecule has 14 heavy (non-hydrogen) atoms. The van der Waals surface area contributed by atoms with Crippen molar-refractivity contribution in [3.8, 4) is 0 Å². The average Bonchev–Trinajstić information content (AvgIpc) is 2.15. The van der Waals surface area contributed by atoms with Crippen LogP contribution in [0.5, 0.6) is 0 Å². The summed E-state index contributed by atoms with van der Waals surface area (Å²) in [7, 11) is 0. The van der Waals surface area contributed by atoms with Gasteiger partial charge in [0.2, 0.25) is 0 Å². The zero-order valence-corrected chi connectivity index (χ0v) is 11.4. The Balaban J connectivity index is 0. The lowest BCUT2D eigenvalue weighted by Gasteiger charge is -2.21. The van der Waals surface area contributed by atoms with E-state index in [9.17, 15) is 0 Å². The van der Waals surface area contributed by atoms with Gasteiger partial charge in [0, 0.05) is 0 Å². The Morgan fingerprint density at radius 1 is 0.786 bits per heavy atom. The molecule has 0 aliphatic heterocycles. The summed E-state index contributed by atoms with van der Waals surface area (Å²) in [5, 5.41) is 0. The summed E-state index contributed by atoms with van der Waals surface area (Å²) >= 11 is 0. The number of hydrogen-bond donors (Lipinski definition) is 0. The van der Waals surface area contributed by atoms with Gasteiger partial charge in [-0.15, -0.1) is 0 Å². The molecule has 0 aliphatic rings. The van der Waals surface area contributed by atoms with Crippen molar-refractivity contribution in [3.05, 3.63) is 0 Å². The molecule has 0 rings (SSSR count). The van der Waals surface area contributed by atoms with Crippen molar-refractivity contribution in [1.29, 1.82) is 0 Å². The molecular formula is C14H32. The standard InChI is InChI=1S/C11H24.C3H8/c1-5-8-10(4)11(7-3)9-6-2;1-3-2/h10-11H,5-9H2,1-4H3;3H2,1-2H3. The van der Waals surface area contributed by atoms with E-state index in [0.29, 0.717) is 0 Å². The van der Waals surface area contributed by atoms with Gasteiger partial charge in [0.25, 0.3) is 0 Å². The van der Waals surface area contributed by atoms with Crippen molar-refractivity contribution < 1.29 is 0 Å². The molecule has 0 fully saturated rings. The third kappa shape index (κ3) is 10.1. The number of hydrogen-bond acceptors (Lipinski definition) is 0. The van der Waals surface area contributed by atoms with Gasteiger partial charge in [-0.3, -0.25) is 0 Å². The van der Waals surface area contributed by atoms with Crippen LogP contribution in [0.25, 0.3) is 0 Å². The third-order valence-electron chi connectivity index (χ3n) is 2.73. The summed E-state index contributed by atoms with van der Waals surface area (Å²) in [4.78, 5) is 0. The van der Waals surface area contributed by atoms with E-state index in [1.165, 1.54) is 38.5 Å². The van der Waals surface area contributed by atoms with Crippen LogP contribution < -0.4 is 0 Å². The molecule has 0 heteroatoms. The van der Waals surface area contributed by atoms with E-state index in [4.69, 9.17) is 0 Å². The van der Waals surface area contributed by atoms with Crippen molar-refractivity contribution in [1.82, 2.24) is 0 Å². The molecule has 0 N–H and O–H groups in total. The summed E-state index contributed by atoms with van der Waals surface area (Å²) in [5.41, 5.74) is 0. The molecular weight excluding hydrogens is 168 g/mol. The molecule has 0 aromatic heterocycles. The van der Waals surface area contributed by atoms with Gasteiger partial charge in [-0.25, -0.2) is 0 Å². The molecule has 0 aliphatic carbocycles. The highest BCUT2D eigenvalue weighted by Crippen LogP contribution is 2.24. The Morgan fingerprint density at radius 3 is 1.50 bits per heavy atom. The maximum atomic E-state index is 2.41. The molecule has 0 aromatic rings. The van der Waals surface area contributed by atoms with Crippen molar-refractivity contribution in [2.75, 3.05) is 0 Å². The lowest BCUT2D eigenvalue weighted by Crippen LogP contribution is -2.10. The Bertz CT molecular complexity index is 86.0. The Labute approximate surface area is 92.5 Å². The maximum Gasteiger partial charge on any atom is -0.0391 e. The second-order valence-corrected chi connectivity index (χ2v) is 4.43. The van der Waals surface area contributed by atoms with Crippen LogP contribution in [0.3, 0.4) is 0 Å². The summed E-state index contributed by atoms with van der Waals surface area (Å²) in [6, 6.07) is 0. The Kier molecular flexibility index (Phi) is 15.3. The van der Waals surface area contributed by atoms with Crippen LogP contribution in [-0.2, 0) is 0 Å². The van der Waals surface area contributed by atoms with Crippen LogP contribution in [0.2, 0.25) is 0 Å². The highest BCUT2D eigenvalue weighted by Gasteiger charge is 2.12. The minimum atomic E-state index is 0.949. The molecule has 2 atom stereocenters. The highest BCUT2D eigenvalue weighted by molar-refractivity contribution is 4.63. The first-order valence-corrected chi connectivity index (χ1v) is 6.67. The van der Waals surface area contributed by atoms with E-state index < -0.39 is 0 Å². The Morgan fingerprint density at radius 2 is 1.21 bits per heavy atom. The van der Waals surface area contributed by atoms with Gasteiger partial charge < -0.3 is 0 Å². The normalized spacial score (nSPS) is 14.1. The minimum Gasteiger partial charge on any atom is -0.0656 e. The second-order valence-electron chi connectivity index (χ2n) is 4.43. The van der Waals surface area contributed by atoms with Crippen molar-refractivity contribution in [2.24, 2.45) is 11.8 Å². The largest absolute Gasteiger partial charge is 0.0656 e. The lowest BCUT2D eigenvalue weighted by atomic mass is 9.85. The second kappa shape index (κ2) is 13.0. The molecule has 0 amide bonds. The van der Waals surface area contributed by atoms with Gasteiger partial charge in [-0.05, 0) is 11.8 Å². The summed E-state index contributed by atoms with van der Waals surface area (Å²) in [6.45, 7) is 13.6. The highest BCUT2D eigenvalue weighted by atomic mass is 14.2. The van der Waals surface area contributed by atoms with Crippen LogP contribution in [0, 0.1) is 11.8 Å². The van der Waals surface area contributed by atoms with Gasteiger partial charge in [0.15, 0.2) is 0 Å². The molecule has 88 valence electrons. The van der Waals surface area contributed by atoms with E-state index in [0.717, 1.165) is 11.8 Å². The molecule has 0 heterocycles. The fraction of sp³-hybridized carbons (Fsp3) is 1.00. The molecule has 2 unspecified atom stereocenters. The van der Waals surface area contributed by atoms with E-state index in [2.05, 4.69) is 41.5 Å². The maximum absolute atomic E-state index is 2.41. The first-order valence-electron chi connectivity index (χ1n) is 6.67. The van der Waals surface area contributed by atoms with Crippen LogP contribution in [0.15, 0.2) is 0 Å². The Hall–Kier alpha value is 0. The monoisotopic (exact) mass is 200 g/mol. The fourth-order valence-electron chi connectivity index (χ4n) is 1.95. The zero-order chi connectivity index (χ0) is 11.4. The van der Waals surface area contributed by atoms with Crippen LogP contribution in [0.1, 0.15) is 80.1 Å². The van der Waals surface area contributed by atoms with Crippen molar-refractivity contribution >= 4 is 0 Å². The van der Waals surface area contributed by atoms with Crippen LogP contribution in [0.4, 0.5) is 0 Å². The third-order valence-corrected chi connectivity index (χ3v) is 2.73. The molecule has 0 bridgehead atoms. The van der Waals surface area contributed by atoms with Crippen LogP contribution in [-0.4, -0.2) is 0 Å². The van der Waals surface area contributed by atoms with Gasteiger partial charge in [-0.2, -0.15) is 0 Å². The molecule has 0 spiro atoms. The molecule has 0 radical (unpaired) electrons. The first-order chi connectivity index (χ1) is 6.67. The smallest absolute Gasteiger partial charge is 0.0391 e. The minimum absolute atomic E-state index is 0.949. The topological polar surface area (TPSA) is 0 Å². The molecule has 0 aromatic carbocycles. The number of rotatable bonds is 6. The average molecular weight is 200 g/mol. The zero-order valence-electron chi connectivity index (χ0n) is 11.4. The van der Waals surface area contributed by atoms with E-state index >= 15 is 0 Å². The summed E-state index contributed by atoms with van der Waals surface area (Å²) < 4.78 is 0. The van der Waals surface area contributed by atoms with Crippen LogP contribution >= 0.6 is 0 Å². The van der Waals surface area contributed by atoms with Gasteiger partial charge >= 0.3 is 0 Å². The van der Waals surface area contributed by atoms with Crippen molar-refractivity contribution in [2.45, 2.75) is 80.1 Å². The molecule has 0 nitrogen and oxygen atoms in total. The van der Waals surface area contributed by atoms with E-state index in [1.54, 1.807) is 0 Å². The summed E-state index contributed by atoms with van der Waals surface area (Å²) in [6.07, 6.45) is 8.17. The molecule has 0 saturated heterocycles. The fourth-order valence-corrected chi connectivity index (χ4v) is 1.95. The van der Waals surface area contributed by atoms with E-state index in [-0.39, 0.29) is 0 Å². The van der Waals surface area contributed by atoms with Gasteiger partial charge in [0.05, 0.1) is 0 Å². The SMILES string of the molecule is CCC.CCCC(C)C(CC)CCC. The van der Waals surface area contributed by atoms with Gasteiger partial charge in [0.1, 0.15) is 0 Å². The predicted molar refractivity (Wildman–Crippen MR) is 68.7 cm³/mol. The lowest BCUT2D eigenvalue weighted by molar-refractivity contribution is 0.304. The predicted octanol–water partition coefficient (Wildman–Crippen LogP) is 5.67. The first kappa shape index (κ1) is 16.4. The van der Waals surface area contributed by atoms with Gasteiger partial charge in [-0.1, -0.05) is 80.1 Å².